The summed E-state index contributed by atoms with van der Waals surface area (Å²) in [6.07, 6.45) is 1.01. The molecular weight excluding hydrogens is 258 g/mol. The Balaban J connectivity index is 1.92. The fourth-order valence-electron chi connectivity index (χ4n) is 1.64. The molecule has 1 aromatic carbocycles. The van der Waals surface area contributed by atoms with Crippen molar-refractivity contribution < 1.29 is 4.52 Å². The summed E-state index contributed by atoms with van der Waals surface area (Å²) in [7, 11) is 0. The van der Waals surface area contributed by atoms with Crippen LogP contribution >= 0.6 is 11.8 Å². The van der Waals surface area contributed by atoms with Crippen molar-refractivity contribution in [3.8, 4) is 11.5 Å². The second-order valence-electron chi connectivity index (χ2n) is 4.70. The van der Waals surface area contributed by atoms with E-state index in [0.29, 0.717) is 5.89 Å². The van der Waals surface area contributed by atoms with Crippen LogP contribution in [0.4, 0.5) is 0 Å². The fraction of sp³-hybridized carbons (Fsp3) is 0.429. The Kier molecular flexibility index (Phi) is 4.99. The third-order valence-electron chi connectivity index (χ3n) is 2.68. The van der Waals surface area contributed by atoms with Crippen molar-refractivity contribution in [3.05, 3.63) is 35.7 Å². The summed E-state index contributed by atoms with van der Waals surface area (Å²) in [5.74, 6) is 3.12. The minimum Gasteiger partial charge on any atom is -0.334 e. The van der Waals surface area contributed by atoms with Crippen molar-refractivity contribution in [1.29, 1.82) is 0 Å². The number of aryl methyl sites for hydroxylation is 1. The molecule has 1 aromatic heterocycles. The predicted molar refractivity (Wildman–Crippen MR) is 78.9 cm³/mol. The van der Waals surface area contributed by atoms with Crippen molar-refractivity contribution in [2.75, 3.05) is 5.75 Å². The van der Waals surface area contributed by atoms with E-state index in [-0.39, 0.29) is 6.04 Å². The first-order valence-corrected chi connectivity index (χ1v) is 7.53. The van der Waals surface area contributed by atoms with Crippen LogP contribution in [-0.4, -0.2) is 21.9 Å². The van der Waals surface area contributed by atoms with Gasteiger partial charge in [-0.25, -0.2) is 0 Å². The Morgan fingerprint density at radius 1 is 1.42 bits per heavy atom. The van der Waals surface area contributed by atoms with Gasteiger partial charge in [0, 0.05) is 11.6 Å². The SMILES string of the molecule is Cc1cccc(-c2nc(CSCCC(C)N)no2)c1. The molecule has 0 fully saturated rings. The Bertz CT molecular complexity index is 525. The highest BCUT2D eigenvalue weighted by Crippen LogP contribution is 2.20. The Morgan fingerprint density at radius 3 is 3.00 bits per heavy atom. The van der Waals surface area contributed by atoms with Crippen LogP contribution in [0.15, 0.2) is 28.8 Å². The molecule has 0 bridgehead atoms. The van der Waals surface area contributed by atoms with Gasteiger partial charge in [0.2, 0.25) is 0 Å². The van der Waals surface area contributed by atoms with E-state index in [1.165, 1.54) is 5.56 Å². The predicted octanol–water partition coefficient (Wildman–Crippen LogP) is 3.02. The van der Waals surface area contributed by atoms with Crippen molar-refractivity contribution in [2.45, 2.75) is 32.1 Å². The Hall–Kier alpha value is -1.33. The lowest BCUT2D eigenvalue weighted by Gasteiger charge is -2.02. The normalized spacial score (nSPS) is 12.6. The second-order valence-corrected chi connectivity index (χ2v) is 5.81. The fourth-order valence-corrected chi connectivity index (χ4v) is 2.62. The molecule has 0 saturated heterocycles. The third kappa shape index (κ3) is 4.36. The van der Waals surface area contributed by atoms with E-state index in [2.05, 4.69) is 10.1 Å². The number of hydrogen-bond donors (Lipinski definition) is 1. The monoisotopic (exact) mass is 277 g/mol. The van der Waals surface area contributed by atoms with Gasteiger partial charge in [-0.3, -0.25) is 0 Å². The van der Waals surface area contributed by atoms with Gasteiger partial charge in [0.1, 0.15) is 0 Å². The van der Waals surface area contributed by atoms with E-state index in [0.717, 1.165) is 29.3 Å². The quantitative estimate of drug-likeness (QED) is 0.822. The van der Waals surface area contributed by atoms with Gasteiger partial charge < -0.3 is 10.3 Å². The molecule has 2 N–H and O–H groups in total. The van der Waals surface area contributed by atoms with Crippen LogP contribution in [0.3, 0.4) is 0 Å². The van der Waals surface area contributed by atoms with E-state index in [1.54, 1.807) is 11.8 Å². The molecule has 0 radical (unpaired) electrons. The number of nitrogens with zero attached hydrogens (tertiary/aromatic N) is 2. The summed E-state index contributed by atoms with van der Waals surface area (Å²) in [6, 6.07) is 8.31. The lowest BCUT2D eigenvalue weighted by molar-refractivity contribution is 0.425. The zero-order valence-corrected chi connectivity index (χ0v) is 12.1. The van der Waals surface area contributed by atoms with Gasteiger partial charge in [0.15, 0.2) is 5.82 Å². The molecule has 0 aliphatic heterocycles. The molecule has 2 rings (SSSR count). The minimum absolute atomic E-state index is 0.251. The Labute approximate surface area is 117 Å². The molecule has 5 heteroatoms. The van der Waals surface area contributed by atoms with E-state index >= 15 is 0 Å². The van der Waals surface area contributed by atoms with Crippen molar-refractivity contribution in [3.63, 3.8) is 0 Å². The number of benzene rings is 1. The second kappa shape index (κ2) is 6.73. The molecule has 1 heterocycles. The number of hydrogen-bond acceptors (Lipinski definition) is 5. The van der Waals surface area contributed by atoms with Crippen LogP contribution in [0, 0.1) is 6.92 Å². The van der Waals surface area contributed by atoms with E-state index < -0.39 is 0 Å². The molecule has 2 aromatic rings. The van der Waals surface area contributed by atoms with Gasteiger partial charge >= 0.3 is 0 Å². The molecule has 0 amide bonds. The molecule has 1 unspecified atom stereocenters. The number of nitrogens with two attached hydrogens (primary N) is 1. The first-order chi connectivity index (χ1) is 9.15. The van der Waals surface area contributed by atoms with Crippen LogP contribution in [0.25, 0.3) is 11.5 Å². The molecule has 1 atom stereocenters. The topological polar surface area (TPSA) is 64.9 Å². The first kappa shape index (κ1) is 14.1. The molecule has 0 spiro atoms. The highest BCUT2D eigenvalue weighted by molar-refractivity contribution is 7.98. The van der Waals surface area contributed by atoms with Crippen LogP contribution in [0.5, 0.6) is 0 Å². The maximum atomic E-state index is 5.70. The Morgan fingerprint density at radius 2 is 2.26 bits per heavy atom. The summed E-state index contributed by atoms with van der Waals surface area (Å²) in [4.78, 5) is 4.41. The maximum Gasteiger partial charge on any atom is 0.257 e. The zero-order chi connectivity index (χ0) is 13.7. The number of aromatic nitrogens is 2. The molecule has 4 nitrogen and oxygen atoms in total. The van der Waals surface area contributed by atoms with Crippen LogP contribution < -0.4 is 5.73 Å². The van der Waals surface area contributed by atoms with Gasteiger partial charge in [-0.15, -0.1) is 0 Å². The van der Waals surface area contributed by atoms with Gasteiger partial charge in [0.25, 0.3) is 5.89 Å². The van der Waals surface area contributed by atoms with Gasteiger partial charge in [0.05, 0.1) is 5.75 Å². The smallest absolute Gasteiger partial charge is 0.257 e. The maximum absolute atomic E-state index is 5.70. The van der Waals surface area contributed by atoms with Gasteiger partial charge in [-0.1, -0.05) is 22.9 Å². The lowest BCUT2D eigenvalue weighted by atomic mass is 10.1. The summed E-state index contributed by atoms with van der Waals surface area (Å²) in [5.41, 5.74) is 7.86. The number of thioether (sulfide) groups is 1. The molecule has 0 aliphatic carbocycles. The molecule has 0 aliphatic rings. The van der Waals surface area contributed by atoms with Gasteiger partial charge in [-0.2, -0.15) is 16.7 Å². The zero-order valence-electron chi connectivity index (χ0n) is 11.3. The number of rotatable bonds is 6. The van der Waals surface area contributed by atoms with Crippen molar-refractivity contribution in [2.24, 2.45) is 5.73 Å². The van der Waals surface area contributed by atoms with E-state index in [4.69, 9.17) is 10.3 Å². The summed E-state index contributed by atoms with van der Waals surface area (Å²) < 4.78 is 5.28. The minimum atomic E-state index is 0.251. The van der Waals surface area contributed by atoms with Crippen molar-refractivity contribution in [1.82, 2.24) is 10.1 Å². The summed E-state index contributed by atoms with van der Waals surface area (Å²) >= 11 is 1.78. The van der Waals surface area contributed by atoms with E-state index in [1.807, 2.05) is 38.1 Å². The summed E-state index contributed by atoms with van der Waals surface area (Å²) in [6.45, 7) is 4.06. The highest BCUT2D eigenvalue weighted by atomic mass is 32.2. The molecule has 102 valence electrons. The molecule has 19 heavy (non-hydrogen) atoms. The highest BCUT2D eigenvalue weighted by Gasteiger charge is 2.08. The standard InChI is InChI=1S/C14H19N3OS/c1-10-4-3-5-12(8-10)14-16-13(17-18-14)9-19-7-6-11(2)15/h3-5,8,11H,6-7,9,15H2,1-2H3. The average molecular weight is 277 g/mol. The third-order valence-corrected chi connectivity index (χ3v) is 3.67. The van der Waals surface area contributed by atoms with Crippen molar-refractivity contribution >= 4 is 11.8 Å². The lowest BCUT2D eigenvalue weighted by Crippen LogP contribution is -2.15. The van der Waals surface area contributed by atoms with Crippen LogP contribution in [0.1, 0.15) is 24.7 Å². The summed E-state index contributed by atoms with van der Waals surface area (Å²) in [5, 5.41) is 4.00. The van der Waals surface area contributed by atoms with E-state index in [9.17, 15) is 0 Å². The largest absolute Gasteiger partial charge is 0.334 e. The van der Waals surface area contributed by atoms with Crippen LogP contribution in [0.2, 0.25) is 0 Å². The van der Waals surface area contributed by atoms with Crippen LogP contribution in [-0.2, 0) is 5.75 Å². The molecule has 0 saturated carbocycles. The molecular formula is C14H19N3OS. The van der Waals surface area contributed by atoms with Gasteiger partial charge in [-0.05, 0) is 38.2 Å². The first-order valence-electron chi connectivity index (χ1n) is 6.38. The average Bonchev–Trinajstić information content (AvgIpc) is 2.83.